The molecule has 110 valence electrons. The Morgan fingerprint density at radius 3 is 2.63 bits per heavy atom. The fraction of sp³-hybridized carbons (Fsp3) is 0.857. The van der Waals surface area contributed by atoms with Crippen LogP contribution in [0.25, 0.3) is 0 Å². The Morgan fingerprint density at radius 2 is 2.05 bits per heavy atom. The normalized spacial score (nSPS) is 19.8. The lowest BCUT2D eigenvalue weighted by Crippen LogP contribution is -2.49. The van der Waals surface area contributed by atoms with Gasteiger partial charge in [-0.25, -0.2) is 0 Å². The van der Waals surface area contributed by atoms with Gasteiger partial charge in [-0.3, -0.25) is 9.59 Å². The smallest absolute Gasteiger partial charge is 0.239 e. The molecule has 1 saturated heterocycles. The molecule has 0 spiro atoms. The molecular formula is C14H27N3O2. The van der Waals surface area contributed by atoms with Crippen LogP contribution in [-0.2, 0) is 9.59 Å². The summed E-state index contributed by atoms with van der Waals surface area (Å²) < 4.78 is 0. The first kappa shape index (κ1) is 16.0. The van der Waals surface area contributed by atoms with Crippen LogP contribution in [0, 0.1) is 11.3 Å². The molecule has 2 amide bonds. The molecule has 3 N–H and O–H groups in total. The number of nitrogens with one attached hydrogen (secondary N) is 3. The van der Waals surface area contributed by atoms with Gasteiger partial charge < -0.3 is 16.0 Å². The number of hydrogen-bond donors (Lipinski definition) is 3. The predicted octanol–water partition coefficient (Wildman–Crippen LogP) is 0.655. The van der Waals surface area contributed by atoms with Gasteiger partial charge in [0.15, 0.2) is 0 Å². The Morgan fingerprint density at radius 1 is 1.32 bits per heavy atom. The lowest BCUT2D eigenvalue weighted by atomic mass is 9.74. The molecule has 19 heavy (non-hydrogen) atoms. The van der Waals surface area contributed by atoms with Gasteiger partial charge >= 0.3 is 0 Å². The summed E-state index contributed by atoms with van der Waals surface area (Å²) in [7, 11) is 0. The summed E-state index contributed by atoms with van der Waals surface area (Å²) in [4.78, 5) is 23.7. The van der Waals surface area contributed by atoms with Gasteiger partial charge in [0.25, 0.3) is 0 Å². The summed E-state index contributed by atoms with van der Waals surface area (Å²) in [6, 6.07) is 0. The molecule has 1 atom stereocenters. The summed E-state index contributed by atoms with van der Waals surface area (Å²) in [6.45, 7) is 8.56. The molecule has 1 fully saturated rings. The van der Waals surface area contributed by atoms with Crippen LogP contribution in [0.1, 0.15) is 40.0 Å². The second-order valence-electron chi connectivity index (χ2n) is 5.80. The molecule has 1 unspecified atom stereocenters. The zero-order valence-corrected chi connectivity index (χ0v) is 12.3. The van der Waals surface area contributed by atoms with E-state index in [4.69, 9.17) is 0 Å². The molecule has 0 bridgehead atoms. The standard InChI is InChI=1S/C14H27N3O2/c1-4-7-16-12(18)10-17-13(19)14(2,3)11-6-5-8-15-9-11/h11,15H,4-10H2,1-3H3,(H,16,18)(H,17,19). The highest BCUT2D eigenvalue weighted by molar-refractivity contribution is 5.87. The van der Waals surface area contributed by atoms with Crippen molar-refractivity contribution in [2.45, 2.75) is 40.0 Å². The van der Waals surface area contributed by atoms with Gasteiger partial charge in [-0.2, -0.15) is 0 Å². The van der Waals surface area contributed by atoms with E-state index in [2.05, 4.69) is 16.0 Å². The highest BCUT2D eigenvalue weighted by Crippen LogP contribution is 2.31. The summed E-state index contributed by atoms with van der Waals surface area (Å²) in [5.74, 6) is 0.181. The Labute approximate surface area is 115 Å². The van der Waals surface area contributed by atoms with Crippen molar-refractivity contribution < 1.29 is 9.59 Å². The van der Waals surface area contributed by atoms with Gasteiger partial charge in [0.1, 0.15) is 0 Å². The van der Waals surface area contributed by atoms with Crippen molar-refractivity contribution in [3.8, 4) is 0 Å². The molecule has 0 aromatic carbocycles. The summed E-state index contributed by atoms with van der Waals surface area (Å²) >= 11 is 0. The van der Waals surface area contributed by atoms with Gasteiger partial charge in [0, 0.05) is 12.0 Å². The molecule has 0 aromatic rings. The van der Waals surface area contributed by atoms with Gasteiger partial charge in [-0.15, -0.1) is 0 Å². The minimum atomic E-state index is -0.432. The minimum absolute atomic E-state index is 0.0344. The van der Waals surface area contributed by atoms with E-state index in [9.17, 15) is 9.59 Å². The van der Waals surface area contributed by atoms with Gasteiger partial charge in [-0.1, -0.05) is 20.8 Å². The molecule has 0 saturated carbocycles. The van der Waals surface area contributed by atoms with E-state index < -0.39 is 5.41 Å². The molecule has 5 heteroatoms. The molecule has 1 aliphatic heterocycles. The molecule has 0 aliphatic carbocycles. The zero-order valence-electron chi connectivity index (χ0n) is 12.3. The number of rotatable bonds is 6. The van der Waals surface area contributed by atoms with Crippen molar-refractivity contribution in [1.82, 2.24) is 16.0 Å². The van der Waals surface area contributed by atoms with Crippen LogP contribution >= 0.6 is 0 Å². The van der Waals surface area contributed by atoms with Crippen molar-refractivity contribution in [2.75, 3.05) is 26.2 Å². The summed E-state index contributed by atoms with van der Waals surface area (Å²) in [6.07, 6.45) is 3.08. The van der Waals surface area contributed by atoms with Crippen LogP contribution in [0.4, 0.5) is 0 Å². The number of carbonyl (C=O) groups excluding carboxylic acids is 2. The largest absolute Gasteiger partial charge is 0.355 e. The summed E-state index contributed by atoms with van der Waals surface area (Å²) in [5, 5.41) is 8.83. The molecule has 0 aromatic heterocycles. The van der Waals surface area contributed by atoms with Gasteiger partial charge in [-0.05, 0) is 38.3 Å². The number of piperidine rings is 1. The van der Waals surface area contributed by atoms with E-state index in [-0.39, 0.29) is 18.4 Å². The van der Waals surface area contributed by atoms with Crippen LogP contribution in [0.3, 0.4) is 0 Å². The molecule has 5 nitrogen and oxygen atoms in total. The van der Waals surface area contributed by atoms with Crippen LogP contribution in [0.2, 0.25) is 0 Å². The SMILES string of the molecule is CCCNC(=O)CNC(=O)C(C)(C)C1CCCNC1. The van der Waals surface area contributed by atoms with E-state index in [0.717, 1.165) is 32.4 Å². The number of carbonyl (C=O) groups is 2. The second-order valence-corrected chi connectivity index (χ2v) is 5.80. The highest BCUT2D eigenvalue weighted by Gasteiger charge is 2.37. The predicted molar refractivity (Wildman–Crippen MR) is 75.7 cm³/mol. The van der Waals surface area contributed by atoms with Crippen molar-refractivity contribution in [3.63, 3.8) is 0 Å². The average Bonchev–Trinajstić information content (AvgIpc) is 2.43. The van der Waals surface area contributed by atoms with Crippen molar-refractivity contribution >= 4 is 11.8 Å². The van der Waals surface area contributed by atoms with Crippen molar-refractivity contribution in [2.24, 2.45) is 11.3 Å². The van der Waals surface area contributed by atoms with Gasteiger partial charge in [0.2, 0.25) is 11.8 Å². The third-order valence-electron chi connectivity index (χ3n) is 3.88. The van der Waals surface area contributed by atoms with E-state index >= 15 is 0 Å². The molecule has 1 aliphatic rings. The van der Waals surface area contributed by atoms with E-state index in [1.807, 2.05) is 20.8 Å². The Balaban J connectivity index is 2.40. The highest BCUT2D eigenvalue weighted by atomic mass is 16.2. The average molecular weight is 269 g/mol. The maximum Gasteiger partial charge on any atom is 0.239 e. The molecule has 1 heterocycles. The van der Waals surface area contributed by atoms with Crippen molar-refractivity contribution in [3.05, 3.63) is 0 Å². The first-order chi connectivity index (χ1) is 8.98. The van der Waals surface area contributed by atoms with Crippen LogP contribution in [0.15, 0.2) is 0 Å². The third-order valence-corrected chi connectivity index (χ3v) is 3.88. The van der Waals surface area contributed by atoms with Crippen LogP contribution in [-0.4, -0.2) is 38.0 Å². The molecule has 1 rings (SSSR count). The van der Waals surface area contributed by atoms with E-state index in [1.54, 1.807) is 0 Å². The van der Waals surface area contributed by atoms with Crippen LogP contribution < -0.4 is 16.0 Å². The van der Waals surface area contributed by atoms with Crippen LogP contribution in [0.5, 0.6) is 0 Å². The fourth-order valence-corrected chi connectivity index (χ4v) is 2.37. The van der Waals surface area contributed by atoms with Crippen molar-refractivity contribution in [1.29, 1.82) is 0 Å². The maximum atomic E-state index is 12.2. The quantitative estimate of drug-likeness (QED) is 0.663. The lowest BCUT2D eigenvalue weighted by molar-refractivity contribution is -0.134. The second kappa shape index (κ2) is 7.48. The fourth-order valence-electron chi connectivity index (χ4n) is 2.37. The first-order valence-corrected chi connectivity index (χ1v) is 7.24. The van der Waals surface area contributed by atoms with E-state index in [0.29, 0.717) is 12.5 Å². The zero-order chi connectivity index (χ0) is 14.3. The number of hydrogen-bond acceptors (Lipinski definition) is 3. The Hall–Kier alpha value is -1.10. The molecular weight excluding hydrogens is 242 g/mol. The first-order valence-electron chi connectivity index (χ1n) is 7.24. The Kier molecular flexibility index (Phi) is 6.28. The minimum Gasteiger partial charge on any atom is -0.355 e. The number of amides is 2. The summed E-state index contributed by atoms with van der Waals surface area (Å²) in [5.41, 5.74) is -0.432. The third kappa shape index (κ3) is 4.82. The Bertz CT molecular complexity index is 310. The van der Waals surface area contributed by atoms with E-state index in [1.165, 1.54) is 0 Å². The monoisotopic (exact) mass is 269 g/mol. The van der Waals surface area contributed by atoms with Gasteiger partial charge in [0.05, 0.1) is 6.54 Å². The topological polar surface area (TPSA) is 70.2 Å². The lowest BCUT2D eigenvalue weighted by Gasteiger charge is -2.35. The molecule has 0 radical (unpaired) electrons. The maximum absolute atomic E-state index is 12.2.